The lowest BCUT2D eigenvalue weighted by Gasteiger charge is -2.08. The van der Waals surface area contributed by atoms with E-state index in [0.717, 1.165) is 11.3 Å². The Kier molecular flexibility index (Phi) is 6.84. The molecule has 6 heteroatoms. The molecule has 6 nitrogen and oxygen atoms in total. The Morgan fingerprint density at radius 1 is 1.30 bits per heavy atom. The molecule has 0 aliphatic heterocycles. The number of carbonyl (C=O) groups excluding carboxylic acids is 1. The van der Waals surface area contributed by atoms with Crippen LogP contribution in [0.4, 0.5) is 0 Å². The molecular weight excluding hydrogens is 294 g/mol. The molecule has 0 radical (unpaired) electrons. The third kappa shape index (κ3) is 5.94. The number of hydrogen-bond donors (Lipinski definition) is 0. The van der Waals surface area contributed by atoms with Crippen molar-refractivity contribution in [3.63, 3.8) is 0 Å². The number of imidazole rings is 1. The van der Waals surface area contributed by atoms with Gasteiger partial charge in [0.15, 0.2) is 0 Å². The molecule has 0 N–H and O–H groups in total. The van der Waals surface area contributed by atoms with Crippen LogP contribution < -0.4 is 0 Å². The van der Waals surface area contributed by atoms with Crippen LogP contribution in [0.25, 0.3) is 0 Å². The number of hydrogen-bond acceptors (Lipinski definition) is 5. The molecule has 0 aliphatic rings. The van der Waals surface area contributed by atoms with Crippen LogP contribution in [0.1, 0.15) is 25.3 Å². The van der Waals surface area contributed by atoms with Crippen LogP contribution in [0, 0.1) is 0 Å². The quantitative estimate of drug-likeness (QED) is 0.309. The Morgan fingerprint density at radius 3 is 2.83 bits per heavy atom. The summed E-state index contributed by atoms with van der Waals surface area (Å²) in [6, 6.07) is 9.84. The van der Waals surface area contributed by atoms with Gasteiger partial charge in [0.1, 0.15) is 12.3 Å². The lowest BCUT2D eigenvalue weighted by molar-refractivity contribution is -0.143. The minimum atomic E-state index is -0.207. The first-order valence-electron chi connectivity index (χ1n) is 7.65. The zero-order chi connectivity index (χ0) is 16.3. The molecule has 1 aromatic carbocycles. The molecule has 0 atom stereocenters. The Labute approximate surface area is 135 Å². The smallest absolute Gasteiger partial charge is 0.305 e. The zero-order valence-electron chi connectivity index (χ0n) is 13.2. The Hall–Kier alpha value is -2.63. The predicted molar refractivity (Wildman–Crippen MR) is 87.0 cm³/mol. The van der Waals surface area contributed by atoms with Gasteiger partial charge in [0, 0.05) is 24.4 Å². The van der Waals surface area contributed by atoms with Gasteiger partial charge in [-0.2, -0.15) is 0 Å². The van der Waals surface area contributed by atoms with Gasteiger partial charge < -0.3 is 14.1 Å². The first-order chi connectivity index (χ1) is 11.3. The molecule has 0 aliphatic carbocycles. The summed E-state index contributed by atoms with van der Waals surface area (Å²) in [7, 11) is 0. The van der Waals surface area contributed by atoms with Crippen molar-refractivity contribution in [3.8, 4) is 0 Å². The molecule has 0 saturated heterocycles. The molecule has 0 bridgehead atoms. The average Bonchev–Trinajstić information content (AvgIpc) is 3.07. The van der Waals surface area contributed by atoms with Crippen LogP contribution in [0.15, 0.2) is 54.2 Å². The number of carbonyl (C=O) groups is 1. The number of rotatable bonds is 9. The summed E-state index contributed by atoms with van der Waals surface area (Å²) in [5.74, 6) is -0.207. The van der Waals surface area contributed by atoms with E-state index in [1.165, 1.54) is 0 Å². The maximum Gasteiger partial charge on any atom is 0.305 e. The Balaban J connectivity index is 1.90. The lowest BCUT2D eigenvalue weighted by atomic mass is 10.1. The van der Waals surface area contributed by atoms with Crippen molar-refractivity contribution in [2.24, 2.45) is 5.16 Å². The van der Waals surface area contributed by atoms with Crippen LogP contribution in [0.3, 0.4) is 0 Å². The third-order valence-corrected chi connectivity index (χ3v) is 3.10. The molecular formula is C17H21N3O3. The fourth-order valence-corrected chi connectivity index (χ4v) is 1.99. The van der Waals surface area contributed by atoms with E-state index in [1.807, 2.05) is 41.1 Å². The topological polar surface area (TPSA) is 65.7 Å². The van der Waals surface area contributed by atoms with E-state index in [-0.39, 0.29) is 5.97 Å². The molecule has 0 saturated carbocycles. The third-order valence-electron chi connectivity index (χ3n) is 3.10. The second-order valence-corrected chi connectivity index (χ2v) is 4.88. The highest BCUT2D eigenvalue weighted by molar-refractivity contribution is 6.00. The van der Waals surface area contributed by atoms with Gasteiger partial charge >= 0.3 is 5.97 Å². The zero-order valence-corrected chi connectivity index (χ0v) is 13.2. The second kappa shape index (κ2) is 9.40. The highest BCUT2D eigenvalue weighted by atomic mass is 16.6. The van der Waals surface area contributed by atoms with Gasteiger partial charge in [-0.05, 0) is 13.3 Å². The molecule has 0 unspecified atom stereocenters. The highest BCUT2D eigenvalue weighted by Crippen LogP contribution is 2.05. The Morgan fingerprint density at radius 2 is 2.13 bits per heavy atom. The van der Waals surface area contributed by atoms with Gasteiger partial charge in [0.05, 0.1) is 19.5 Å². The van der Waals surface area contributed by atoms with Crippen molar-refractivity contribution in [2.75, 3.05) is 13.2 Å². The van der Waals surface area contributed by atoms with Crippen LogP contribution in [-0.2, 0) is 20.9 Å². The second-order valence-electron chi connectivity index (χ2n) is 4.88. The molecule has 2 aromatic rings. The first kappa shape index (κ1) is 16.7. The standard InChI is InChI=1S/C17H21N3O3/c1-2-22-17(21)9-6-12-23-19-16(13-20-11-10-18-14-20)15-7-4-3-5-8-15/h3-5,7-8,10-11,14H,2,6,9,12-13H2,1H3. The van der Waals surface area contributed by atoms with Crippen molar-refractivity contribution >= 4 is 11.7 Å². The monoisotopic (exact) mass is 315 g/mol. The summed E-state index contributed by atoms with van der Waals surface area (Å²) in [6.45, 7) is 3.14. The van der Waals surface area contributed by atoms with Crippen LogP contribution in [0.5, 0.6) is 0 Å². The maximum atomic E-state index is 11.2. The number of ether oxygens (including phenoxy) is 1. The van der Waals surface area contributed by atoms with Crippen molar-refractivity contribution in [1.29, 1.82) is 0 Å². The summed E-state index contributed by atoms with van der Waals surface area (Å²) in [5.41, 5.74) is 1.80. The number of esters is 1. The lowest BCUT2D eigenvalue weighted by Crippen LogP contribution is -2.11. The van der Waals surface area contributed by atoms with Crippen molar-refractivity contribution in [2.45, 2.75) is 26.3 Å². The summed E-state index contributed by atoms with van der Waals surface area (Å²) in [5, 5.41) is 4.23. The summed E-state index contributed by atoms with van der Waals surface area (Å²) in [4.78, 5) is 20.7. The fraction of sp³-hybridized carbons (Fsp3) is 0.353. The van der Waals surface area contributed by atoms with Gasteiger partial charge in [-0.3, -0.25) is 4.79 Å². The van der Waals surface area contributed by atoms with E-state index in [9.17, 15) is 4.79 Å². The van der Waals surface area contributed by atoms with Crippen molar-refractivity contribution < 1.29 is 14.4 Å². The van der Waals surface area contributed by atoms with Crippen LogP contribution >= 0.6 is 0 Å². The van der Waals surface area contributed by atoms with Crippen LogP contribution in [-0.4, -0.2) is 34.4 Å². The highest BCUT2D eigenvalue weighted by Gasteiger charge is 2.06. The minimum Gasteiger partial charge on any atom is -0.466 e. The van der Waals surface area contributed by atoms with E-state index < -0.39 is 0 Å². The average molecular weight is 315 g/mol. The van der Waals surface area contributed by atoms with Gasteiger partial charge in [-0.15, -0.1) is 0 Å². The maximum absolute atomic E-state index is 11.2. The summed E-state index contributed by atoms with van der Waals surface area (Å²) >= 11 is 0. The molecule has 1 aromatic heterocycles. The molecule has 2 rings (SSSR count). The molecule has 122 valence electrons. The number of aromatic nitrogens is 2. The van der Waals surface area contributed by atoms with E-state index in [2.05, 4.69) is 10.1 Å². The molecule has 0 fully saturated rings. The number of oxime groups is 1. The molecule has 0 spiro atoms. The minimum absolute atomic E-state index is 0.207. The Bertz CT molecular complexity index is 609. The van der Waals surface area contributed by atoms with Gasteiger partial charge in [0.2, 0.25) is 0 Å². The van der Waals surface area contributed by atoms with Crippen LogP contribution in [0.2, 0.25) is 0 Å². The van der Waals surface area contributed by atoms with Crippen molar-refractivity contribution in [1.82, 2.24) is 9.55 Å². The largest absolute Gasteiger partial charge is 0.466 e. The van der Waals surface area contributed by atoms with Gasteiger partial charge in [0.25, 0.3) is 0 Å². The van der Waals surface area contributed by atoms with E-state index in [1.54, 1.807) is 19.4 Å². The number of benzene rings is 1. The normalized spacial score (nSPS) is 11.3. The predicted octanol–water partition coefficient (Wildman–Crippen LogP) is 2.65. The van der Waals surface area contributed by atoms with E-state index >= 15 is 0 Å². The summed E-state index contributed by atoms with van der Waals surface area (Å²) < 4.78 is 6.79. The van der Waals surface area contributed by atoms with Crippen molar-refractivity contribution in [3.05, 3.63) is 54.6 Å². The fourth-order valence-electron chi connectivity index (χ4n) is 1.99. The SMILES string of the molecule is CCOC(=O)CCCON=C(Cn1ccnc1)c1ccccc1. The first-order valence-corrected chi connectivity index (χ1v) is 7.65. The van der Waals surface area contributed by atoms with E-state index in [0.29, 0.717) is 32.6 Å². The van der Waals surface area contributed by atoms with Gasteiger partial charge in [-0.25, -0.2) is 4.98 Å². The molecule has 23 heavy (non-hydrogen) atoms. The van der Waals surface area contributed by atoms with E-state index in [4.69, 9.17) is 9.57 Å². The number of nitrogens with zero attached hydrogens (tertiary/aromatic N) is 3. The molecule has 1 heterocycles. The van der Waals surface area contributed by atoms with Gasteiger partial charge in [-0.1, -0.05) is 35.5 Å². The molecule has 0 amide bonds. The summed E-state index contributed by atoms with van der Waals surface area (Å²) in [6.07, 6.45) is 6.25.